The Morgan fingerprint density at radius 3 is 2.55 bits per heavy atom. The van der Waals surface area contributed by atoms with E-state index >= 15 is 0 Å². The van der Waals surface area contributed by atoms with Gasteiger partial charge in [0.2, 0.25) is 5.91 Å². The van der Waals surface area contributed by atoms with Crippen LogP contribution in [0.15, 0.2) is 20.8 Å². The van der Waals surface area contributed by atoms with Crippen molar-refractivity contribution in [1.82, 2.24) is 15.5 Å². The van der Waals surface area contributed by atoms with Gasteiger partial charge in [-0.2, -0.15) is 0 Å². The first kappa shape index (κ1) is 17.8. The summed E-state index contributed by atoms with van der Waals surface area (Å²) in [5, 5.41) is 11.4. The summed E-state index contributed by atoms with van der Waals surface area (Å²) in [5.41, 5.74) is 1.12. The minimum absolute atomic E-state index is 0.107. The normalized spacial score (nSPS) is 21.5. The number of aromatic nitrogens is 2. The highest BCUT2D eigenvalue weighted by atomic mass is 32.2. The van der Waals surface area contributed by atoms with Gasteiger partial charge in [0.25, 0.3) is 0 Å². The lowest BCUT2D eigenvalue weighted by Gasteiger charge is -2.29. The van der Waals surface area contributed by atoms with Crippen molar-refractivity contribution >= 4 is 40.8 Å². The van der Waals surface area contributed by atoms with Gasteiger partial charge in [0.1, 0.15) is 0 Å². The number of rotatable bonds is 7. The van der Waals surface area contributed by atoms with E-state index in [4.69, 9.17) is 0 Å². The standard InChI is InChI=1S/C15H23N3OS3/c1-10(2)8-20-14-17-18-15(22-14)21-9-13(19)16-12-7-5-4-6-11(12)3/h11-12H,1,4-9H2,2-3H3,(H,16,19)/t11-,12+/m0/s1. The van der Waals surface area contributed by atoms with E-state index < -0.39 is 0 Å². The van der Waals surface area contributed by atoms with Gasteiger partial charge in [-0.15, -0.1) is 10.2 Å². The summed E-state index contributed by atoms with van der Waals surface area (Å²) >= 11 is 4.66. The summed E-state index contributed by atoms with van der Waals surface area (Å²) in [6, 6.07) is 0.345. The van der Waals surface area contributed by atoms with Crippen LogP contribution in [0.25, 0.3) is 0 Å². The molecule has 0 aromatic carbocycles. The number of nitrogens with one attached hydrogen (secondary N) is 1. The maximum Gasteiger partial charge on any atom is 0.230 e. The molecule has 2 atom stereocenters. The second-order valence-electron chi connectivity index (χ2n) is 5.80. The van der Waals surface area contributed by atoms with Crippen LogP contribution < -0.4 is 5.32 Å². The summed E-state index contributed by atoms with van der Waals surface area (Å²) in [6.07, 6.45) is 4.84. The van der Waals surface area contributed by atoms with E-state index in [1.54, 1.807) is 23.1 Å². The molecule has 2 rings (SSSR count). The molecule has 7 heteroatoms. The van der Waals surface area contributed by atoms with Crippen LogP contribution >= 0.6 is 34.9 Å². The Labute approximate surface area is 144 Å². The van der Waals surface area contributed by atoms with Crippen molar-refractivity contribution in [2.75, 3.05) is 11.5 Å². The molecule has 1 aromatic heterocycles. The maximum atomic E-state index is 12.1. The van der Waals surface area contributed by atoms with Crippen LogP contribution in [-0.2, 0) is 4.79 Å². The van der Waals surface area contributed by atoms with Gasteiger partial charge in [-0.3, -0.25) is 4.79 Å². The Morgan fingerprint density at radius 1 is 1.27 bits per heavy atom. The molecule has 1 fully saturated rings. The van der Waals surface area contributed by atoms with Crippen molar-refractivity contribution in [1.29, 1.82) is 0 Å². The van der Waals surface area contributed by atoms with Gasteiger partial charge >= 0.3 is 0 Å². The molecule has 0 saturated heterocycles. The van der Waals surface area contributed by atoms with Gasteiger partial charge in [-0.1, -0.05) is 66.8 Å². The molecule has 4 nitrogen and oxygen atoms in total. The Morgan fingerprint density at radius 2 is 1.91 bits per heavy atom. The highest BCUT2D eigenvalue weighted by Gasteiger charge is 2.22. The van der Waals surface area contributed by atoms with Gasteiger partial charge in [0.15, 0.2) is 8.68 Å². The fourth-order valence-corrected chi connectivity index (χ4v) is 5.08. The number of carbonyl (C=O) groups is 1. The summed E-state index contributed by atoms with van der Waals surface area (Å²) in [6.45, 7) is 8.11. The lowest BCUT2D eigenvalue weighted by atomic mass is 9.86. The van der Waals surface area contributed by atoms with E-state index in [9.17, 15) is 4.79 Å². The van der Waals surface area contributed by atoms with Gasteiger partial charge in [0, 0.05) is 11.8 Å². The van der Waals surface area contributed by atoms with Gasteiger partial charge in [0.05, 0.1) is 5.75 Å². The predicted octanol–water partition coefficient (Wildman–Crippen LogP) is 3.99. The average Bonchev–Trinajstić information content (AvgIpc) is 2.93. The summed E-state index contributed by atoms with van der Waals surface area (Å²) in [7, 11) is 0. The molecule has 1 aromatic rings. The maximum absolute atomic E-state index is 12.1. The number of nitrogens with zero attached hydrogens (tertiary/aromatic N) is 2. The summed E-state index contributed by atoms with van der Waals surface area (Å²) in [4.78, 5) is 12.1. The lowest BCUT2D eigenvalue weighted by Crippen LogP contribution is -2.41. The molecule has 0 aliphatic heterocycles. The molecule has 0 spiro atoms. The fourth-order valence-electron chi connectivity index (χ4n) is 2.41. The van der Waals surface area contributed by atoms with Crippen molar-refractivity contribution in [2.24, 2.45) is 5.92 Å². The molecular formula is C15H23N3OS3. The van der Waals surface area contributed by atoms with E-state index in [0.717, 1.165) is 26.4 Å². The van der Waals surface area contributed by atoms with Crippen molar-refractivity contribution in [3.05, 3.63) is 12.2 Å². The zero-order valence-corrected chi connectivity index (χ0v) is 15.6. The van der Waals surface area contributed by atoms with E-state index in [1.807, 2.05) is 6.92 Å². The quantitative estimate of drug-likeness (QED) is 0.590. The molecular weight excluding hydrogens is 334 g/mol. The Balaban J connectivity index is 1.72. The Kier molecular flexibility index (Phi) is 7.24. The Bertz CT molecular complexity index is 518. The van der Waals surface area contributed by atoms with E-state index in [-0.39, 0.29) is 5.91 Å². The second kappa shape index (κ2) is 8.93. The SMILES string of the molecule is C=C(C)CSc1nnc(SCC(=O)N[C@@H]2CCCC[C@@H]2C)s1. The first-order valence-electron chi connectivity index (χ1n) is 7.57. The van der Waals surface area contributed by atoms with Crippen LogP contribution in [0.5, 0.6) is 0 Å². The highest BCUT2D eigenvalue weighted by Crippen LogP contribution is 2.29. The monoisotopic (exact) mass is 357 g/mol. The minimum atomic E-state index is 0.107. The molecule has 0 bridgehead atoms. The molecule has 122 valence electrons. The fraction of sp³-hybridized carbons (Fsp3) is 0.667. The van der Waals surface area contributed by atoms with E-state index in [0.29, 0.717) is 17.7 Å². The molecule has 1 N–H and O–H groups in total. The van der Waals surface area contributed by atoms with Gasteiger partial charge in [-0.25, -0.2) is 0 Å². The molecule has 1 heterocycles. The average molecular weight is 358 g/mol. The van der Waals surface area contributed by atoms with Gasteiger partial charge in [-0.05, 0) is 25.7 Å². The number of hydrogen-bond donors (Lipinski definition) is 1. The molecule has 1 aliphatic rings. The number of carbonyl (C=O) groups excluding carboxylic acids is 1. The van der Waals surface area contributed by atoms with Crippen molar-refractivity contribution in [3.8, 4) is 0 Å². The van der Waals surface area contributed by atoms with Crippen LogP contribution in [0.1, 0.15) is 39.5 Å². The third-order valence-corrected chi connectivity index (χ3v) is 7.04. The molecule has 1 amide bonds. The van der Waals surface area contributed by atoms with Crippen LogP contribution in [0.3, 0.4) is 0 Å². The number of hydrogen-bond acceptors (Lipinski definition) is 6. The zero-order chi connectivity index (χ0) is 15.9. The second-order valence-corrected chi connectivity index (χ2v) is 9.23. The van der Waals surface area contributed by atoms with E-state index in [2.05, 4.69) is 29.0 Å². The number of thioether (sulfide) groups is 2. The van der Waals surface area contributed by atoms with Crippen LogP contribution in [-0.4, -0.2) is 33.7 Å². The third-order valence-electron chi connectivity index (χ3n) is 3.61. The minimum Gasteiger partial charge on any atom is -0.352 e. The molecule has 22 heavy (non-hydrogen) atoms. The van der Waals surface area contributed by atoms with Crippen molar-refractivity contribution in [2.45, 2.75) is 54.3 Å². The smallest absolute Gasteiger partial charge is 0.230 e. The molecule has 0 radical (unpaired) electrons. The topological polar surface area (TPSA) is 54.9 Å². The molecule has 1 aliphatic carbocycles. The van der Waals surface area contributed by atoms with E-state index in [1.165, 1.54) is 31.0 Å². The molecule has 1 saturated carbocycles. The van der Waals surface area contributed by atoms with Crippen LogP contribution in [0, 0.1) is 5.92 Å². The van der Waals surface area contributed by atoms with Crippen LogP contribution in [0.4, 0.5) is 0 Å². The largest absolute Gasteiger partial charge is 0.352 e. The zero-order valence-electron chi connectivity index (χ0n) is 13.1. The Hall–Kier alpha value is -0.530. The lowest BCUT2D eigenvalue weighted by molar-refractivity contribution is -0.119. The van der Waals surface area contributed by atoms with Crippen LogP contribution in [0.2, 0.25) is 0 Å². The first-order chi connectivity index (χ1) is 10.5. The van der Waals surface area contributed by atoms with Crippen molar-refractivity contribution in [3.63, 3.8) is 0 Å². The van der Waals surface area contributed by atoms with Gasteiger partial charge < -0.3 is 5.32 Å². The first-order valence-corrected chi connectivity index (χ1v) is 10.4. The summed E-state index contributed by atoms with van der Waals surface area (Å²) < 4.78 is 1.79. The van der Waals surface area contributed by atoms with Crippen molar-refractivity contribution < 1.29 is 4.79 Å². The highest BCUT2D eigenvalue weighted by molar-refractivity contribution is 8.03. The predicted molar refractivity (Wildman–Crippen MR) is 95.7 cm³/mol. The summed E-state index contributed by atoms with van der Waals surface area (Å²) in [5.74, 6) is 1.98. The molecule has 0 unspecified atom stereocenters. The third kappa shape index (κ3) is 5.93. The number of amides is 1.